The van der Waals surface area contributed by atoms with Gasteiger partial charge in [-0.25, -0.2) is 4.98 Å². The fourth-order valence-electron chi connectivity index (χ4n) is 2.18. The molecule has 2 aromatic rings. The maximum absolute atomic E-state index is 12.2. The SMILES string of the molecule is O=C(CN1CCOCC1)n1cnc2ccccc21. The second-order valence-electron chi connectivity index (χ2n) is 4.39. The Balaban J connectivity index is 1.79. The Morgan fingerprint density at radius 3 is 2.89 bits per heavy atom. The highest BCUT2D eigenvalue weighted by Gasteiger charge is 2.16. The molecule has 0 spiro atoms. The van der Waals surface area contributed by atoms with Gasteiger partial charge in [0.25, 0.3) is 0 Å². The molecule has 1 aromatic heterocycles. The zero-order valence-corrected chi connectivity index (χ0v) is 10.1. The lowest BCUT2D eigenvalue weighted by atomic mass is 10.3. The van der Waals surface area contributed by atoms with Crippen molar-refractivity contribution in [1.82, 2.24) is 14.5 Å². The number of aromatic nitrogens is 2. The minimum absolute atomic E-state index is 0.0607. The summed E-state index contributed by atoms with van der Waals surface area (Å²) in [5.74, 6) is 0.0607. The van der Waals surface area contributed by atoms with E-state index in [2.05, 4.69) is 9.88 Å². The molecule has 1 aliphatic rings. The second kappa shape index (κ2) is 4.88. The van der Waals surface area contributed by atoms with Gasteiger partial charge >= 0.3 is 0 Å². The smallest absolute Gasteiger partial charge is 0.246 e. The topological polar surface area (TPSA) is 47.4 Å². The van der Waals surface area contributed by atoms with E-state index in [1.807, 2.05) is 24.3 Å². The highest BCUT2D eigenvalue weighted by atomic mass is 16.5. The molecule has 1 saturated heterocycles. The third kappa shape index (κ3) is 2.14. The Labute approximate surface area is 105 Å². The van der Waals surface area contributed by atoms with E-state index in [-0.39, 0.29) is 5.91 Å². The van der Waals surface area contributed by atoms with Gasteiger partial charge in [-0.05, 0) is 12.1 Å². The Morgan fingerprint density at radius 2 is 2.06 bits per heavy atom. The molecule has 94 valence electrons. The molecule has 5 nitrogen and oxygen atoms in total. The molecule has 0 unspecified atom stereocenters. The average molecular weight is 245 g/mol. The van der Waals surface area contributed by atoms with E-state index in [9.17, 15) is 4.79 Å². The molecule has 3 rings (SSSR count). The summed E-state index contributed by atoms with van der Waals surface area (Å²) >= 11 is 0. The number of nitrogens with zero attached hydrogens (tertiary/aromatic N) is 3. The van der Waals surface area contributed by atoms with Crippen LogP contribution < -0.4 is 0 Å². The molecule has 0 saturated carbocycles. The van der Waals surface area contributed by atoms with Crippen LogP contribution in [0.4, 0.5) is 0 Å². The first kappa shape index (κ1) is 11.4. The Hall–Kier alpha value is -1.72. The van der Waals surface area contributed by atoms with Crippen molar-refractivity contribution in [3.05, 3.63) is 30.6 Å². The van der Waals surface area contributed by atoms with E-state index in [1.54, 1.807) is 10.9 Å². The van der Waals surface area contributed by atoms with Gasteiger partial charge in [-0.2, -0.15) is 0 Å². The fraction of sp³-hybridized carbons (Fsp3) is 0.385. The highest BCUT2D eigenvalue weighted by Crippen LogP contribution is 2.11. The van der Waals surface area contributed by atoms with Gasteiger partial charge in [0.1, 0.15) is 6.33 Å². The molecular formula is C13H15N3O2. The van der Waals surface area contributed by atoms with Crippen LogP contribution in [0, 0.1) is 0 Å². The first-order valence-electron chi connectivity index (χ1n) is 6.10. The molecule has 0 bridgehead atoms. The minimum Gasteiger partial charge on any atom is -0.379 e. The van der Waals surface area contributed by atoms with Crippen LogP contribution in [-0.2, 0) is 4.74 Å². The van der Waals surface area contributed by atoms with Gasteiger partial charge in [0.05, 0.1) is 30.8 Å². The maximum Gasteiger partial charge on any atom is 0.246 e. The first-order valence-corrected chi connectivity index (χ1v) is 6.10. The van der Waals surface area contributed by atoms with Crippen molar-refractivity contribution in [1.29, 1.82) is 0 Å². The van der Waals surface area contributed by atoms with Crippen LogP contribution in [0.15, 0.2) is 30.6 Å². The zero-order chi connectivity index (χ0) is 12.4. The number of para-hydroxylation sites is 2. The number of hydrogen-bond acceptors (Lipinski definition) is 4. The average Bonchev–Trinajstić information content (AvgIpc) is 2.84. The maximum atomic E-state index is 12.2. The van der Waals surface area contributed by atoms with Gasteiger partial charge in [0.2, 0.25) is 5.91 Å². The summed E-state index contributed by atoms with van der Waals surface area (Å²) in [6.07, 6.45) is 1.60. The summed E-state index contributed by atoms with van der Waals surface area (Å²) in [5.41, 5.74) is 1.73. The molecule has 0 aliphatic carbocycles. The molecule has 2 heterocycles. The van der Waals surface area contributed by atoms with E-state index >= 15 is 0 Å². The predicted molar refractivity (Wildman–Crippen MR) is 67.6 cm³/mol. The van der Waals surface area contributed by atoms with Crippen LogP contribution in [0.1, 0.15) is 4.79 Å². The van der Waals surface area contributed by atoms with Crippen LogP contribution in [-0.4, -0.2) is 53.2 Å². The number of imidazole rings is 1. The lowest BCUT2D eigenvalue weighted by Gasteiger charge is -2.25. The molecule has 0 amide bonds. The quantitative estimate of drug-likeness (QED) is 0.792. The number of morpholine rings is 1. The Morgan fingerprint density at radius 1 is 1.28 bits per heavy atom. The number of ether oxygens (including phenoxy) is 1. The van der Waals surface area contributed by atoms with Crippen LogP contribution in [0.3, 0.4) is 0 Å². The minimum atomic E-state index is 0.0607. The summed E-state index contributed by atoms with van der Waals surface area (Å²) in [7, 11) is 0. The van der Waals surface area contributed by atoms with Gasteiger partial charge in [0.15, 0.2) is 0 Å². The largest absolute Gasteiger partial charge is 0.379 e. The molecular weight excluding hydrogens is 230 g/mol. The van der Waals surface area contributed by atoms with Crippen molar-refractivity contribution in [2.45, 2.75) is 0 Å². The third-order valence-electron chi connectivity index (χ3n) is 3.18. The van der Waals surface area contributed by atoms with Crippen LogP contribution in [0.5, 0.6) is 0 Å². The number of hydrogen-bond donors (Lipinski definition) is 0. The first-order chi connectivity index (χ1) is 8.84. The zero-order valence-electron chi connectivity index (χ0n) is 10.1. The molecule has 0 radical (unpaired) electrons. The van der Waals surface area contributed by atoms with E-state index in [0.717, 1.165) is 24.1 Å². The predicted octanol–water partition coefficient (Wildman–Crippen LogP) is 1.01. The van der Waals surface area contributed by atoms with Gasteiger partial charge in [-0.15, -0.1) is 0 Å². The summed E-state index contributed by atoms with van der Waals surface area (Å²) in [4.78, 5) is 18.6. The number of fused-ring (bicyclic) bond motifs is 1. The number of carbonyl (C=O) groups is 1. The molecule has 0 atom stereocenters. The number of rotatable bonds is 2. The van der Waals surface area contributed by atoms with Gasteiger partial charge < -0.3 is 4.74 Å². The molecule has 5 heteroatoms. The Bertz CT molecular complexity index is 558. The van der Waals surface area contributed by atoms with Crippen LogP contribution in [0.25, 0.3) is 11.0 Å². The van der Waals surface area contributed by atoms with Crippen molar-refractivity contribution in [3.8, 4) is 0 Å². The summed E-state index contributed by atoms with van der Waals surface area (Å²) in [5, 5.41) is 0. The van der Waals surface area contributed by atoms with Gasteiger partial charge in [0, 0.05) is 13.1 Å². The highest BCUT2D eigenvalue weighted by molar-refractivity contribution is 5.91. The van der Waals surface area contributed by atoms with E-state index in [1.165, 1.54) is 0 Å². The molecule has 1 aliphatic heterocycles. The van der Waals surface area contributed by atoms with Gasteiger partial charge in [-0.3, -0.25) is 14.3 Å². The van der Waals surface area contributed by atoms with Gasteiger partial charge in [-0.1, -0.05) is 12.1 Å². The number of carbonyl (C=O) groups excluding carboxylic acids is 1. The number of benzene rings is 1. The molecule has 1 aromatic carbocycles. The third-order valence-corrected chi connectivity index (χ3v) is 3.18. The van der Waals surface area contributed by atoms with Crippen LogP contribution in [0.2, 0.25) is 0 Å². The van der Waals surface area contributed by atoms with Crippen molar-refractivity contribution >= 4 is 16.9 Å². The normalized spacial score (nSPS) is 17.1. The van der Waals surface area contributed by atoms with E-state index in [4.69, 9.17) is 4.74 Å². The molecule has 1 fully saturated rings. The monoisotopic (exact) mass is 245 g/mol. The summed E-state index contributed by atoms with van der Waals surface area (Å²) < 4.78 is 6.90. The lowest BCUT2D eigenvalue weighted by molar-refractivity contribution is 0.0350. The van der Waals surface area contributed by atoms with Crippen LogP contribution >= 0.6 is 0 Å². The van der Waals surface area contributed by atoms with Crippen molar-refractivity contribution in [2.24, 2.45) is 0 Å². The van der Waals surface area contributed by atoms with Crippen molar-refractivity contribution < 1.29 is 9.53 Å². The molecule has 0 N–H and O–H groups in total. The summed E-state index contributed by atoms with van der Waals surface area (Å²) in [6, 6.07) is 7.67. The second-order valence-corrected chi connectivity index (χ2v) is 4.39. The lowest BCUT2D eigenvalue weighted by Crippen LogP contribution is -2.40. The van der Waals surface area contributed by atoms with Crippen molar-refractivity contribution in [2.75, 3.05) is 32.8 Å². The molecule has 18 heavy (non-hydrogen) atoms. The van der Waals surface area contributed by atoms with Crippen molar-refractivity contribution in [3.63, 3.8) is 0 Å². The van der Waals surface area contributed by atoms with E-state index in [0.29, 0.717) is 19.8 Å². The fourth-order valence-corrected chi connectivity index (χ4v) is 2.18. The van der Waals surface area contributed by atoms with E-state index < -0.39 is 0 Å². The standard InChI is InChI=1S/C13H15N3O2/c17-13(9-15-5-7-18-8-6-15)16-10-14-11-3-1-2-4-12(11)16/h1-4,10H,5-9H2. The summed E-state index contributed by atoms with van der Waals surface area (Å²) in [6.45, 7) is 3.47. The Kier molecular flexibility index (Phi) is 3.08.